The summed E-state index contributed by atoms with van der Waals surface area (Å²) >= 11 is 0. The minimum atomic E-state index is -1.08. The summed E-state index contributed by atoms with van der Waals surface area (Å²) in [5, 5.41) is 26.7. The Hall–Kier alpha value is -0.777. The van der Waals surface area contributed by atoms with E-state index in [1.165, 1.54) is 0 Å². The number of hydrogen-bond donors (Lipinski definition) is 0. The van der Waals surface area contributed by atoms with E-state index in [0.717, 1.165) is 20.8 Å². The summed E-state index contributed by atoms with van der Waals surface area (Å²) in [7, 11) is 0. The van der Waals surface area contributed by atoms with Gasteiger partial charge in [-0.25, -0.2) is 0 Å². The molecule has 82 valence electrons. The van der Waals surface area contributed by atoms with Gasteiger partial charge >= 0.3 is 26.2 Å². The minimum absolute atomic E-state index is 0. The molecule has 0 unspecified atom stereocenters. The molecule has 0 rings (SSSR count). The maximum atomic E-state index is 8.89. The molecule has 0 aromatic heterocycles. The van der Waals surface area contributed by atoms with Crippen molar-refractivity contribution in [3.05, 3.63) is 0 Å². The van der Waals surface area contributed by atoms with Crippen LogP contribution in [0.5, 0.6) is 0 Å². The van der Waals surface area contributed by atoms with E-state index in [4.69, 9.17) is 29.7 Å². The van der Waals surface area contributed by atoms with Gasteiger partial charge in [-0.3, -0.25) is 4.70 Å². The van der Waals surface area contributed by atoms with Gasteiger partial charge in [-0.05, 0) is 20.8 Å². The van der Waals surface area contributed by atoms with Gasteiger partial charge in [0.15, 0.2) is 0 Å². The Kier molecular flexibility index (Phi) is 47.5. The van der Waals surface area contributed by atoms with E-state index < -0.39 is 17.9 Å². The minimum Gasteiger partial charge on any atom is -0.550 e. The molecule has 8 heteroatoms. The van der Waals surface area contributed by atoms with Gasteiger partial charge in [-0.2, -0.15) is 0 Å². The third-order valence-electron chi connectivity index (χ3n) is 0. The van der Waals surface area contributed by atoms with Gasteiger partial charge in [0, 0.05) is 17.9 Å². The van der Waals surface area contributed by atoms with Crippen molar-refractivity contribution in [1.82, 2.24) is 0 Å². The fourth-order valence-electron chi connectivity index (χ4n) is 0. The number of carboxylic acid groups (broad SMARTS) is 3. The molecule has 0 bridgehead atoms. The fraction of sp³-hybridized carbons (Fsp3) is 0.500. The molecule has 2 radical (unpaired) electrons. The zero-order valence-corrected chi connectivity index (χ0v) is 11.3. The number of carbonyl (C=O) groups excluding carboxylic acids is 3. The molecule has 0 saturated carbocycles. The van der Waals surface area contributed by atoms with Crippen LogP contribution in [0.25, 0.3) is 0 Å². The van der Waals surface area contributed by atoms with Gasteiger partial charge < -0.3 is 29.7 Å². The monoisotopic (exact) mass is 406 g/mol. The summed E-state index contributed by atoms with van der Waals surface area (Å²) in [5.41, 5.74) is 0. The number of carbonyl (C=O) groups is 3. The van der Waals surface area contributed by atoms with Crippen LogP contribution >= 0.6 is 0 Å². The number of halogens is 1. The summed E-state index contributed by atoms with van der Waals surface area (Å²) in [6.07, 6.45) is 0. The van der Waals surface area contributed by atoms with Crippen molar-refractivity contribution in [2.75, 3.05) is 0 Å². The molecule has 6 nitrogen and oxygen atoms in total. The number of carboxylic acids is 3. The van der Waals surface area contributed by atoms with Gasteiger partial charge in [-0.15, -0.1) is 0 Å². The molecule has 0 saturated heterocycles. The Morgan fingerprint density at radius 2 is 0.714 bits per heavy atom. The number of aliphatic carboxylic acids is 3. The quantitative estimate of drug-likeness (QED) is 0.379. The Bertz CT molecular complexity index is 120. The normalized spacial score (nSPS) is 5.36. The maximum Gasteiger partial charge on any atom is 3.00 e. The Morgan fingerprint density at radius 1 is 0.714 bits per heavy atom. The van der Waals surface area contributed by atoms with Crippen LogP contribution < -0.4 is 15.3 Å². The summed E-state index contributed by atoms with van der Waals surface area (Å²) in [6.45, 7) is 2.92. The summed E-state index contributed by atoms with van der Waals surface area (Å²) < 4.78 is 0. The van der Waals surface area contributed by atoms with Crippen molar-refractivity contribution in [2.24, 2.45) is 0 Å². The average Bonchev–Trinajstić information content (AvgIpc) is 1.54. The van der Waals surface area contributed by atoms with Crippen molar-refractivity contribution < 1.29 is 34.4 Å². The van der Waals surface area contributed by atoms with Crippen LogP contribution in [0.1, 0.15) is 20.8 Å². The van der Waals surface area contributed by atoms with Crippen LogP contribution in [0.3, 0.4) is 0 Å². The molecule has 0 aliphatic heterocycles. The standard InChI is InChI=1S/3C2H4O2.Bi.FH/c3*1-2(3)4;;/h3*1H3,(H,3,4);;1H/q;;;+3;/p-3. The molecule has 0 atom stereocenters. The summed E-state index contributed by atoms with van der Waals surface area (Å²) in [6, 6.07) is 0. The number of rotatable bonds is 0. The van der Waals surface area contributed by atoms with Crippen molar-refractivity contribution in [2.45, 2.75) is 20.8 Å². The molecular weight excluding hydrogens is 396 g/mol. The van der Waals surface area contributed by atoms with E-state index in [9.17, 15) is 0 Å². The Labute approximate surface area is 99.4 Å². The van der Waals surface area contributed by atoms with Crippen molar-refractivity contribution in [3.8, 4) is 0 Å². The van der Waals surface area contributed by atoms with Gasteiger partial charge in [0.2, 0.25) is 0 Å². The van der Waals surface area contributed by atoms with E-state index in [0.29, 0.717) is 0 Å². The van der Waals surface area contributed by atoms with E-state index in [-0.39, 0.29) is 30.9 Å². The molecule has 0 amide bonds. The van der Waals surface area contributed by atoms with Crippen LogP contribution in [-0.4, -0.2) is 44.1 Å². The molecular formula is C6H10BiFO6. The molecule has 0 aromatic carbocycles. The third kappa shape index (κ3) is 1940. The molecule has 0 aliphatic rings. The van der Waals surface area contributed by atoms with E-state index in [1.54, 1.807) is 0 Å². The van der Waals surface area contributed by atoms with E-state index in [1.807, 2.05) is 0 Å². The van der Waals surface area contributed by atoms with Gasteiger partial charge in [-0.1, -0.05) is 0 Å². The average molecular weight is 406 g/mol. The molecule has 0 fully saturated rings. The van der Waals surface area contributed by atoms with Gasteiger partial charge in [0.1, 0.15) is 0 Å². The summed E-state index contributed by atoms with van der Waals surface area (Å²) in [5.74, 6) is -3.25. The van der Waals surface area contributed by atoms with Gasteiger partial charge in [0.05, 0.1) is 0 Å². The zero-order valence-electron chi connectivity index (χ0n) is 7.80. The van der Waals surface area contributed by atoms with Gasteiger partial charge in [0.25, 0.3) is 0 Å². The van der Waals surface area contributed by atoms with Crippen LogP contribution in [-0.2, 0) is 14.4 Å². The molecule has 0 N–H and O–H groups in total. The second-order valence-electron chi connectivity index (χ2n) is 1.47. The van der Waals surface area contributed by atoms with Crippen LogP contribution in [0.2, 0.25) is 0 Å². The van der Waals surface area contributed by atoms with Crippen LogP contribution in [0, 0.1) is 0 Å². The number of hydrogen-bond acceptors (Lipinski definition) is 6. The zero-order chi connectivity index (χ0) is 10.7. The maximum absolute atomic E-state index is 8.89. The second-order valence-corrected chi connectivity index (χ2v) is 1.47. The van der Waals surface area contributed by atoms with Crippen LogP contribution in [0.4, 0.5) is 4.70 Å². The van der Waals surface area contributed by atoms with Crippen molar-refractivity contribution in [3.63, 3.8) is 0 Å². The molecule has 0 spiro atoms. The first-order chi connectivity index (χ1) is 5.20. The first-order valence-electron chi connectivity index (χ1n) is 2.72. The van der Waals surface area contributed by atoms with E-state index >= 15 is 0 Å². The van der Waals surface area contributed by atoms with Crippen LogP contribution in [0.15, 0.2) is 0 Å². The Morgan fingerprint density at radius 3 is 0.714 bits per heavy atom. The molecule has 14 heavy (non-hydrogen) atoms. The van der Waals surface area contributed by atoms with Crippen molar-refractivity contribution in [1.29, 1.82) is 0 Å². The topological polar surface area (TPSA) is 120 Å². The summed E-state index contributed by atoms with van der Waals surface area (Å²) in [4.78, 5) is 26.7. The third-order valence-corrected chi connectivity index (χ3v) is 0. The predicted octanol–water partition coefficient (Wildman–Crippen LogP) is -3.96. The predicted molar refractivity (Wildman–Crippen MR) is 40.3 cm³/mol. The molecule has 0 aromatic rings. The first kappa shape index (κ1) is 29.2. The first-order valence-corrected chi connectivity index (χ1v) is 2.72. The molecule has 0 heterocycles. The SMILES string of the molecule is CC(=O)[O-].CC(=O)[O-].CC(=O)[O-].F.[Bi+3]. The van der Waals surface area contributed by atoms with Crippen molar-refractivity contribution >= 4 is 44.1 Å². The Balaban J connectivity index is -0.0000000270. The smallest absolute Gasteiger partial charge is 0.550 e. The second kappa shape index (κ2) is 22.8. The molecule has 0 aliphatic carbocycles. The van der Waals surface area contributed by atoms with E-state index in [2.05, 4.69) is 0 Å². The fourth-order valence-corrected chi connectivity index (χ4v) is 0. The largest absolute Gasteiger partial charge is 3.00 e.